The smallest absolute Gasteiger partial charge is 0.387 e. The number of carbonyl (C=O) groups is 1. The van der Waals surface area contributed by atoms with Crippen molar-refractivity contribution in [2.45, 2.75) is 6.61 Å². The summed E-state index contributed by atoms with van der Waals surface area (Å²) in [6.07, 6.45) is 0. The zero-order chi connectivity index (χ0) is 12.3. The standard InChI is InChI=1S/C9H7Cl2F2NO2/c1-14-8(15)4-2-5(10)6(11)3-7(4)16-9(12)13/h2-3,9H,1H3,(H,14,15). The molecule has 1 amide bonds. The number of amides is 1. The Morgan fingerprint density at radius 1 is 1.38 bits per heavy atom. The van der Waals surface area contributed by atoms with Gasteiger partial charge in [0.1, 0.15) is 5.75 Å². The Kier molecular flexibility index (Phi) is 4.32. The van der Waals surface area contributed by atoms with Crippen LogP contribution in [0.25, 0.3) is 0 Å². The molecule has 7 heteroatoms. The number of rotatable bonds is 3. The first-order chi connectivity index (χ1) is 7.45. The van der Waals surface area contributed by atoms with Gasteiger partial charge in [-0.1, -0.05) is 23.2 Å². The fourth-order valence-electron chi connectivity index (χ4n) is 1.03. The van der Waals surface area contributed by atoms with Crippen LogP contribution in [0.4, 0.5) is 8.78 Å². The monoisotopic (exact) mass is 269 g/mol. The Hall–Kier alpha value is -1.07. The zero-order valence-corrected chi connectivity index (χ0v) is 9.57. The van der Waals surface area contributed by atoms with Crippen LogP contribution in [0.15, 0.2) is 12.1 Å². The van der Waals surface area contributed by atoms with Crippen LogP contribution in [0, 0.1) is 0 Å². The van der Waals surface area contributed by atoms with Gasteiger partial charge in [-0.05, 0) is 6.07 Å². The van der Waals surface area contributed by atoms with Crippen LogP contribution in [0.5, 0.6) is 5.75 Å². The SMILES string of the molecule is CNC(=O)c1cc(Cl)c(Cl)cc1OC(F)F. The highest BCUT2D eigenvalue weighted by atomic mass is 35.5. The maximum absolute atomic E-state index is 12.1. The number of alkyl halides is 2. The summed E-state index contributed by atoms with van der Waals surface area (Å²) in [5.74, 6) is -0.905. The van der Waals surface area contributed by atoms with Gasteiger partial charge in [0.05, 0.1) is 15.6 Å². The minimum absolute atomic E-state index is 0.0324. The second-order valence-electron chi connectivity index (χ2n) is 2.72. The molecule has 0 fully saturated rings. The van der Waals surface area contributed by atoms with Gasteiger partial charge in [0.15, 0.2) is 0 Å². The van der Waals surface area contributed by atoms with E-state index in [1.807, 2.05) is 0 Å². The van der Waals surface area contributed by atoms with E-state index in [-0.39, 0.29) is 21.4 Å². The van der Waals surface area contributed by atoms with Crippen LogP contribution >= 0.6 is 23.2 Å². The molecule has 0 spiro atoms. The first-order valence-electron chi connectivity index (χ1n) is 4.11. The van der Waals surface area contributed by atoms with Gasteiger partial charge in [0.2, 0.25) is 0 Å². The van der Waals surface area contributed by atoms with Crippen molar-refractivity contribution in [3.05, 3.63) is 27.7 Å². The number of benzene rings is 1. The number of halogens is 4. The molecule has 0 aliphatic heterocycles. The molecular weight excluding hydrogens is 263 g/mol. The molecular formula is C9H7Cl2F2NO2. The van der Waals surface area contributed by atoms with E-state index in [9.17, 15) is 13.6 Å². The van der Waals surface area contributed by atoms with E-state index in [0.29, 0.717) is 0 Å². The molecule has 0 unspecified atom stereocenters. The second kappa shape index (κ2) is 5.32. The summed E-state index contributed by atoms with van der Waals surface area (Å²) in [7, 11) is 1.36. The Morgan fingerprint density at radius 2 is 1.94 bits per heavy atom. The topological polar surface area (TPSA) is 38.3 Å². The maximum Gasteiger partial charge on any atom is 0.387 e. The molecule has 0 radical (unpaired) electrons. The van der Waals surface area contributed by atoms with Crippen molar-refractivity contribution in [2.75, 3.05) is 7.05 Å². The molecule has 1 N–H and O–H groups in total. The molecule has 0 aromatic heterocycles. The Morgan fingerprint density at radius 3 is 2.44 bits per heavy atom. The lowest BCUT2D eigenvalue weighted by atomic mass is 10.2. The first-order valence-corrected chi connectivity index (χ1v) is 4.87. The Balaban J connectivity index is 3.21. The summed E-state index contributed by atoms with van der Waals surface area (Å²) in [6.45, 7) is -3.04. The quantitative estimate of drug-likeness (QED) is 0.916. The molecule has 0 saturated heterocycles. The van der Waals surface area contributed by atoms with Gasteiger partial charge in [0.25, 0.3) is 5.91 Å². The van der Waals surface area contributed by atoms with E-state index in [4.69, 9.17) is 23.2 Å². The lowest BCUT2D eigenvalue weighted by Crippen LogP contribution is -2.19. The molecule has 0 aliphatic rings. The molecule has 88 valence electrons. The molecule has 0 heterocycles. The van der Waals surface area contributed by atoms with Crippen LogP contribution in [0.3, 0.4) is 0 Å². The van der Waals surface area contributed by atoms with Gasteiger partial charge < -0.3 is 10.1 Å². The van der Waals surface area contributed by atoms with Crippen molar-refractivity contribution < 1.29 is 18.3 Å². The van der Waals surface area contributed by atoms with Gasteiger partial charge in [-0.3, -0.25) is 4.79 Å². The summed E-state index contributed by atoms with van der Waals surface area (Å²) in [4.78, 5) is 11.3. The highest BCUT2D eigenvalue weighted by Gasteiger charge is 2.17. The second-order valence-corrected chi connectivity index (χ2v) is 3.53. The van der Waals surface area contributed by atoms with Crippen LogP contribution < -0.4 is 10.1 Å². The van der Waals surface area contributed by atoms with Crippen molar-refractivity contribution in [3.8, 4) is 5.75 Å². The molecule has 0 atom stereocenters. The maximum atomic E-state index is 12.1. The summed E-state index contributed by atoms with van der Waals surface area (Å²) in [5.41, 5.74) is -0.0998. The van der Waals surface area contributed by atoms with Gasteiger partial charge in [-0.25, -0.2) is 0 Å². The highest BCUT2D eigenvalue weighted by molar-refractivity contribution is 6.42. The van der Waals surface area contributed by atoms with Gasteiger partial charge in [-0.2, -0.15) is 8.78 Å². The molecule has 3 nitrogen and oxygen atoms in total. The Labute approximate surface area is 100 Å². The van der Waals surface area contributed by atoms with Crippen molar-refractivity contribution >= 4 is 29.1 Å². The predicted molar refractivity (Wildman–Crippen MR) is 56.5 cm³/mol. The molecule has 16 heavy (non-hydrogen) atoms. The fourth-order valence-corrected chi connectivity index (χ4v) is 1.35. The van der Waals surface area contributed by atoms with E-state index in [0.717, 1.165) is 6.07 Å². The van der Waals surface area contributed by atoms with Gasteiger partial charge >= 0.3 is 6.61 Å². The lowest BCUT2D eigenvalue weighted by Gasteiger charge is -2.10. The van der Waals surface area contributed by atoms with Crippen LogP contribution in [0.2, 0.25) is 10.0 Å². The zero-order valence-electron chi connectivity index (χ0n) is 8.06. The number of carbonyl (C=O) groups excluding carboxylic acids is 1. The largest absolute Gasteiger partial charge is 0.434 e. The molecule has 0 aliphatic carbocycles. The number of hydrogen-bond acceptors (Lipinski definition) is 2. The van der Waals surface area contributed by atoms with Crippen LogP contribution in [-0.4, -0.2) is 19.6 Å². The average molecular weight is 270 g/mol. The summed E-state index contributed by atoms with van der Waals surface area (Å²) >= 11 is 11.3. The van der Waals surface area contributed by atoms with Crippen molar-refractivity contribution in [3.63, 3.8) is 0 Å². The molecule has 1 aromatic rings. The fraction of sp³-hybridized carbons (Fsp3) is 0.222. The summed E-state index contributed by atoms with van der Waals surface area (Å²) in [6, 6.07) is 2.24. The van der Waals surface area contributed by atoms with E-state index < -0.39 is 12.5 Å². The Bertz CT molecular complexity index is 413. The van der Waals surface area contributed by atoms with Crippen molar-refractivity contribution in [2.24, 2.45) is 0 Å². The minimum atomic E-state index is -3.04. The van der Waals surface area contributed by atoms with Gasteiger partial charge in [0, 0.05) is 13.1 Å². The predicted octanol–water partition coefficient (Wildman–Crippen LogP) is 2.95. The molecule has 0 saturated carbocycles. The molecule has 1 aromatic carbocycles. The average Bonchev–Trinajstić information content (AvgIpc) is 2.21. The molecule has 1 rings (SSSR count). The van der Waals surface area contributed by atoms with Crippen LogP contribution in [-0.2, 0) is 0 Å². The van der Waals surface area contributed by atoms with E-state index in [1.54, 1.807) is 0 Å². The summed E-state index contributed by atoms with van der Waals surface area (Å²) in [5, 5.41) is 2.39. The highest BCUT2D eigenvalue weighted by Crippen LogP contribution is 2.31. The third kappa shape index (κ3) is 2.96. The van der Waals surface area contributed by atoms with E-state index >= 15 is 0 Å². The summed E-state index contributed by atoms with van der Waals surface area (Å²) < 4.78 is 28.3. The van der Waals surface area contributed by atoms with Crippen molar-refractivity contribution in [1.82, 2.24) is 5.32 Å². The molecule has 0 bridgehead atoms. The number of hydrogen-bond donors (Lipinski definition) is 1. The minimum Gasteiger partial charge on any atom is -0.434 e. The third-order valence-corrected chi connectivity index (χ3v) is 2.43. The first kappa shape index (κ1) is 13.0. The van der Waals surface area contributed by atoms with E-state index in [2.05, 4.69) is 10.1 Å². The number of ether oxygens (including phenoxy) is 1. The normalized spacial score (nSPS) is 10.4. The van der Waals surface area contributed by atoms with Crippen LogP contribution in [0.1, 0.15) is 10.4 Å². The third-order valence-electron chi connectivity index (χ3n) is 1.71. The van der Waals surface area contributed by atoms with E-state index in [1.165, 1.54) is 13.1 Å². The lowest BCUT2D eigenvalue weighted by molar-refractivity contribution is -0.0501. The van der Waals surface area contributed by atoms with Gasteiger partial charge in [-0.15, -0.1) is 0 Å². The van der Waals surface area contributed by atoms with Crippen molar-refractivity contribution in [1.29, 1.82) is 0 Å². The number of nitrogens with one attached hydrogen (secondary N) is 1.